The summed E-state index contributed by atoms with van der Waals surface area (Å²) >= 11 is 11.8. The van der Waals surface area contributed by atoms with E-state index in [1.54, 1.807) is 0 Å². The Morgan fingerprint density at radius 1 is 1.47 bits per heavy atom. The maximum absolute atomic E-state index is 8.97. The first kappa shape index (κ1) is 12.8. The minimum absolute atomic E-state index is 0.0982. The molecular formula is C10H13Cl2N3O2. The zero-order valence-electron chi connectivity index (χ0n) is 9.36. The fraction of sp³-hybridized carbons (Fsp3) is 0.600. The van der Waals surface area contributed by atoms with Crippen LogP contribution in [0.4, 0.5) is 5.82 Å². The van der Waals surface area contributed by atoms with Crippen LogP contribution in [0.3, 0.4) is 0 Å². The van der Waals surface area contributed by atoms with Crippen LogP contribution in [0.25, 0.3) is 0 Å². The second kappa shape index (κ2) is 5.35. The maximum Gasteiger partial charge on any atom is 0.225 e. The summed E-state index contributed by atoms with van der Waals surface area (Å²) < 4.78 is 5.43. The van der Waals surface area contributed by atoms with Gasteiger partial charge in [0.25, 0.3) is 0 Å². The van der Waals surface area contributed by atoms with E-state index in [-0.39, 0.29) is 17.9 Å². The van der Waals surface area contributed by atoms with Gasteiger partial charge < -0.3 is 14.7 Å². The summed E-state index contributed by atoms with van der Waals surface area (Å²) in [5.74, 6) is 0.696. The van der Waals surface area contributed by atoms with Crippen LogP contribution in [0.15, 0.2) is 0 Å². The second-order valence-electron chi connectivity index (χ2n) is 3.89. The van der Waals surface area contributed by atoms with Gasteiger partial charge in [0, 0.05) is 12.6 Å². The quantitative estimate of drug-likeness (QED) is 0.675. The standard InChI is InChI=1S/C10H13Cl2N3O2/c1-6(2-3-16)15-5-17-4-7-8(11)13-10(12)14-9(7)15/h6,16H,2-5H2,1H3. The first-order chi connectivity index (χ1) is 8.13. The largest absolute Gasteiger partial charge is 0.396 e. The number of fused-ring (bicyclic) bond motifs is 1. The Kier molecular flexibility index (Phi) is 4.04. The highest BCUT2D eigenvalue weighted by molar-refractivity contribution is 6.32. The lowest BCUT2D eigenvalue weighted by Gasteiger charge is -2.34. The summed E-state index contributed by atoms with van der Waals surface area (Å²) in [5.41, 5.74) is 0.743. The monoisotopic (exact) mass is 277 g/mol. The molecule has 0 bridgehead atoms. The van der Waals surface area contributed by atoms with Crippen LogP contribution in [-0.4, -0.2) is 34.5 Å². The molecule has 1 atom stereocenters. The van der Waals surface area contributed by atoms with Gasteiger partial charge in [-0.15, -0.1) is 0 Å². The van der Waals surface area contributed by atoms with Crippen LogP contribution >= 0.6 is 23.2 Å². The number of hydrogen-bond donors (Lipinski definition) is 1. The molecule has 0 aromatic carbocycles. The molecule has 1 aromatic heterocycles. The van der Waals surface area contributed by atoms with Crippen LogP contribution in [-0.2, 0) is 11.3 Å². The summed E-state index contributed by atoms with van der Waals surface area (Å²) in [6.45, 7) is 2.89. The van der Waals surface area contributed by atoms with Crippen molar-refractivity contribution in [3.8, 4) is 0 Å². The van der Waals surface area contributed by atoms with Gasteiger partial charge in [0.2, 0.25) is 5.28 Å². The first-order valence-corrected chi connectivity index (χ1v) is 6.06. The van der Waals surface area contributed by atoms with Crippen LogP contribution in [0, 0.1) is 0 Å². The van der Waals surface area contributed by atoms with Crippen LogP contribution in [0.2, 0.25) is 10.4 Å². The van der Waals surface area contributed by atoms with Crippen LogP contribution in [0.5, 0.6) is 0 Å². The summed E-state index contributed by atoms with van der Waals surface area (Å²) in [6.07, 6.45) is 0.627. The Balaban J connectivity index is 2.36. The lowest BCUT2D eigenvalue weighted by Crippen LogP contribution is -2.39. The normalized spacial score (nSPS) is 16.8. The van der Waals surface area contributed by atoms with E-state index in [0.717, 1.165) is 5.56 Å². The Morgan fingerprint density at radius 2 is 2.24 bits per heavy atom. The molecule has 0 radical (unpaired) electrons. The molecule has 0 spiro atoms. The van der Waals surface area contributed by atoms with Gasteiger partial charge in [0.15, 0.2) is 0 Å². The van der Waals surface area contributed by atoms with E-state index in [4.69, 9.17) is 33.0 Å². The van der Waals surface area contributed by atoms with Crippen molar-refractivity contribution in [3.63, 3.8) is 0 Å². The molecule has 7 heteroatoms. The fourth-order valence-corrected chi connectivity index (χ4v) is 2.20. The average molecular weight is 278 g/mol. The summed E-state index contributed by atoms with van der Waals surface area (Å²) in [6, 6.07) is 0.0982. The van der Waals surface area contributed by atoms with Crippen molar-refractivity contribution >= 4 is 29.0 Å². The van der Waals surface area contributed by atoms with Crippen molar-refractivity contribution in [1.82, 2.24) is 9.97 Å². The fourth-order valence-electron chi connectivity index (χ4n) is 1.77. The van der Waals surface area contributed by atoms with E-state index in [1.165, 1.54) is 0 Å². The van der Waals surface area contributed by atoms with Crippen molar-refractivity contribution in [1.29, 1.82) is 0 Å². The van der Waals surface area contributed by atoms with Crippen LogP contribution < -0.4 is 4.90 Å². The van der Waals surface area contributed by atoms with Gasteiger partial charge in [0.05, 0.1) is 12.2 Å². The third kappa shape index (κ3) is 2.63. The number of ether oxygens (including phenoxy) is 1. The molecule has 0 fully saturated rings. The predicted octanol–water partition coefficient (Wildman–Crippen LogP) is 1.85. The molecule has 1 N–H and O–H groups in total. The lowest BCUT2D eigenvalue weighted by molar-refractivity contribution is 0.101. The smallest absolute Gasteiger partial charge is 0.225 e. The molecule has 5 nitrogen and oxygen atoms in total. The molecule has 2 rings (SSSR count). The number of nitrogens with zero attached hydrogens (tertiary/aromatic N) is 3. The van der Waals surface area contributed by atoms with E-state index < -0.39 is 0 Å². The van der Waals surface area contributed by atoms with Gasteiger partial charge in [-0.3, -0.25) is 0 Å². The lowest BCUT2D eigenvalue weighted by atomic mass is 10.2. The van der Waals surface area contributed by atoms with Crippen molar-refractivity contribution < 1.29 is 9.84 Å². The van der Waals surface area contributed by atoms with E-state index >= 15 is 0 Å². The zero-order chi connectivity index (χ0) is 12.4. The molecule has 0 aliphatic carbocycles. The number of aliphatic hydroxyl groups excluding tert-OH is 1. The minimum Gasteiger partial charge on any atom is -0.396 e. The molecule has 1 aliphatic rings. The number of aromatic nitrogens is 2. The number of aliphatic hydroxyl groups is 1. The molecule has 1 aromatic rings. The Labute approximate surface area is 109 Å². The van der Waals surface area contributed by atoms with Gasteiger partial charge in [-0.25, -0.2) is 9.97 Å². The van der Waals surface area contributed by atoms with Crippen molar-refractivity contribution in [2.75, 3.05) is 18.2 Å². The molecule has 2 heterocycles. The third-order valence-corrected chi connectivity index (χ3v) is 3.22. The molecule has 94 valence electrons. The minimum atomic E-state index is 0.0982. The SMILES string of the molecule is CC(CCO)N1COCc2c(Cl)nc(Cl)nc21. The predicted molar refractivity (Wildman–Crippen MR) is 65.4 cm³/mol. The van der Waals surface area contributed by atoms with Gasteiger partial charge >= 0.3 is 0 Å². The van der Waals surface area contributed by atoms with Crippen molar-refractivity contribution in [3.05, 3.63) is 16.0 Å². The second-order valence-corrected chi connectivity index (χ2v) is 4.59. The molecular weight excluding hydrogens is 265 g/mol. The maximum atomic E-state index is 8.97. The van der Waals surface area contributed by atoms with Gasteiger partial charge in [-0.05, 0) is 24.9 Å². The van der Waals surface area contributed by atoms with E-state index in [0.29, 0.717) is 30.7 Å². The van der Waals surface area contributed by atoms with Crippen LogP contribution in [0.1, 0.15) is 18.9 Å². The van der Waals surface area contributed by atoms with Gasteiger partial charge in [-0.2, -0.15) is 0 Å². The Morgan fingerprint density at radius 3 is 2.94 bits per heavy atom. The Hall–Kier alpha value is -0.620. The summed E-state index contributed by atoms with van der Waals surface area (Å²) in [7, 11) is 0. The number of halogens is 2. The van der Waals surface area contributed by atoms with Crippen molar-refractivity contribution in [2.24, 2.45) is 0 Å². The molecule has 17 heavy (non-hydrogen) atoms. The van der Waals surface area contributed by atoms with Gasteiger partial charge in [0.1, 0.15) is 17.7 Å². The number of hydrogen-bond acceptors (Lipinski definition) is 5. The molecule has 0 saturated heterocycles. The first-order valence-electron chi connectivity index (χ1n) is 5.30. The topological polar surface area (TPSA) is 58.5 Å². The highest BCUT2D eigenvalue weighted by Crippen LogP contribution is 2.31. The molecule has 1 unspecified atom stereocenters. The Bertz CT molecular complexity index is 417. The third-order valence-electron chi connectivity index (χ3n) is 2.74. The van der Waals surface area contributed by atoms with E-state index in [1.807, 2.05) is 11.8 Å². The van der Waals surface area contributed by atoms with Gasteiger partial charge in [-0.1, -0.05) is 11.6 Å². The zero-order valence-corrected chi connectivity index (χ0v) is 10.9. The average Bonchev–Trinajstić information content (AvgIpc) is 2.28. The summed E-state index contributed by atoms with van der Waals surface area (Å²) in [5, 5.41) is 9.41. The molecule has 1 aliphatic heterocycles. The highest BCUT2D eigenvalue weighted by atomic mass is 35.5. The van der Waals surface area contributed by atoms with E-state index in [9.17, 15) is 0 Å². The number of anilines is 1. The number of rotatable bonds is 3. The van der Waals surface area contributed by atoms with E-state index in [2.05, 4.69) is 9.97 Å². The summed E-state index contributed by atoms with van der Waals surface area (Å²) in [4.78, 5) is 10.0. The van der Waals surface area contributed by atoms with Crippen molar-refractivity contribution in [2.45, 2.75) is 26.0 Å². The highest BCUT2D eigenvalue weighted by Gasteiger charge is 2.26. The molecule has 0 saturated carbocycles. The molecule has 0 amide bonds.